The van der Waals surface area contributed by atoms with Crippen LogP contribution in [-0.4, -0.2) is 9.78 Å². The molecule has 1 aromatic carbocycles. The average Bonchev–Trinajstić information content (AvgIpc) is 2.97. The zero-order valence-electron chi connectivity index (χ0n) is 12.6. The summed E-state index contributed by atoms with van der Waals surface area (Å²) in [5, 5.41) is 4.44. The van der Waals surface area contributed by atoms with Crippen molar-refractivity contribution in [2.75, 3.05) is 0 Å². The summed E-state index contributed by atoms with van der Waals surface area (Å²) >= 11 is 0. The topological polar surface area (TPSA) is 55.9 Å². The maximum Gasteiger partial charge on any atom is 0.0660 e. The van der Waals surface area contributed by atoms with Crippen molar-refractivity contribution in [2.45, 2.75) is 45.2 Å². The molecule has 2 unspecified atom stereocenters. The normalized spacial score (nSPS) is 19.2. The Balaban J connectivity index is 1.83. The van der Waals surface area contributed by atoms with Crippen molar-refractivity contribution in [2.24, 2.45) is 11.8 Å². The van der Waals surface area contributed by atoms with E-state index >= 15 is 0 Å². The molecule has 4 nitrogen and oxygen atoms in total. The fraction of sp³-hybridized carbons (Fsp3) is 0.471. The Labute approximate surface area is 126 Å². The van der Waals surface area contributed by atoms with Crippen LogP contribution in [0.3, 0.4) is 0 Å². The lowest BCUT2D eigenvalue weighted by molar-refractivity contribution is 0.311. The van der Waals surface area contributed by atoms with Gasteiger partial charge < -0.3 is 0 Å². The number of aromatic nitrogens is 2. The SMILES string of the molecule is CCCn1nccc1C(NN)C1CCc2ccccc2C1. The summed E-state index contributed by atoms with van der Waals surface area (Å²) in [7, 11) is 0. The Kier molecular flexibility index (Phi) is 4.36. The van der Waals surface area contributed by atoms with E-state index in [1.165, 1.54) is 23.2 Å². The Hall–Kier alpha value is -1.65. The predicted octanol–water partition coefficient (Wildman–Crippen LogP) is 2.60. The Morgan fingerprint density at radius 3 is 2.90 bits per heavy atom. The van der Waals surface area contributed by atoms with Crippen LogP contribution in [0.25, 0.3) is 0 Å². The van der Waals surface area contributed by atoms with E-state index in [2.05, 4.69) is 52.5 Å². The number of fused-ring (bicyclic) bond motifs is 1. The average molecular weight is 284 g/mol. The van der Waals surface area contributed by atoms with E-state index in [0.29, 0.717) is 5.92 Å². The number of benzene rings is 1. The lowest BCUT2D eigenvalue weighted by Crippen LogP contribution is -2.37. The van der Waals surface area contributed by atoms with Gasteiger partial charge in [-0.15, -0.1) is 0 Å². The molecular formula is C17H24N4. The maximum atomic E-state index is 5.89. The zero-order chi connectivity index (χ0) is 14.7. The number of hydrogen-bond acceptors (Lipinski definition) is 3. The molecule has 1 aliphatic rings. The van der Waals surface area contributed by atoms with Crippen LogP contribution < -0.4 is 11.3 Å². The molecule has 0 saturated carbocycles. The second-order valence-electron chi connectivity index (χ2n) is 5.90. The van der Waals surface area contributed by atoms with Gasteiger partial charge in [0.2, 0.25) is 0 Å². The van der Waals surface area contributed by atoms with E-state index < -0.39 is 0 Å². The summed E-state index contributed by atoms with van der Waals surface area (Å²) in [5.74, 6) is 6.41. The van der Waals surface area contributed by atoms with Gasteiger partial charge in [-0.05, 0) is 48.8 Å². The number of hydrogen-bond donors (Lipinski definition) is 2. The first kappa shape index (κ1) is 14.3. The van der Waals surface area contributed by atoms with Gasteiger partial charge in [0, 0.05) is 12.7 Å². The highest BCUT2D eigenvalue weighted by molar-refractivity contribution is 5.30. The molecule has 0 saturated heterocycles. The summed E-state index contributed by atoms with van der Waals surface area (Å²) in [6, 6.07) is 11.0. The molecule has 3 rings (SSSR count). The van der Waals surface area contributed by atoms with Crippen LogP contribution in [0.4, 0.5) is 0 Å². The third-order valence-corrected chi connectivity index (χ3v) is 4.54. The van der Waals surface area contributed by atoms with Crippen molar-refractivity contribution in [3.63, 3.8) is 0 Å². The summed E-state index contributed by atoms with van der Waals surface area (Å²) in [4.78, 5) is 0. The number of hydrazine groups is 1. The summed E-state index contributed by atoms with van der Waals surface area (Å²) in [6.45, 7) is 3.12. The molecule has 0 spiro atoms. The van der Waals surface area contributed by atoms with Gasteiger partial charge in [0.05, 0.1) is 11.7 Å². The highest BCUT2D eigenvalue weighted by atomic mass is 15.3. The van der Waals surface area contributed by atoms with Crippen molar-refractivity contribution in [3.05, 3.63) is 53.3 Å². The molecule has 0 aliphatic heterocycles. The van der Waals surface area contributed by atoms with Gasteiger partial charge in [0.1, 0.15) is 0 Å². The molecule has 0 amide bonds. The fourth-order valence-electron chi connectivity index (χ4n) is 3.48. The van der Waals surface area contributed by atoms with Crippen molar-refractivity contribution in [1.29, 1.82) is 0 Å². The molecule has 0 bridgehead atoms. The number of nitrogens with one attached hydrogen (secondary N) is 1. The van der Waals surface area contributed by atoms with E-state index in [1.807, 2.05) is 6.20 Å². The van der Waals surface area contributed by atoms with Gasteiger partial charge >= 0.3 is 0 Å². The first-order valence-corrected chi connectivity index (χ1v) is 7.88. The Bertz CT molecular complexity index is 590. The standard InChI is InChI=1S/C17H24N4/c1-2-11-21-16(9-10-19-21)17(20-18)15-8-7-13-5-3-4-6-14(13)12-15/h3-6,9-10,15,17,20H,2,7-8,11-12,18H2,1H3. The second-order valence-corrected chi connectivity index (χ2v) is 5.90. The minimum atomic E-state index is 0.174. The highest BCUT2D eigenvalue weighted by Gasteiger charge is 2.28. The molecular weight excluding hydrogens is 260 g/mol. The van der Waals surface area contributed by atoms with E-state index in [9.17, 15) is 0 Å². The molecule has 1 heterocycles. The first-order valence-electron chi connectivity index (χ1n) is 7.88. The van der Waals surface area contributed by atoms with E-state index in [4.69, 9.17) is 5.84 Å². The summed E-state index contributed by atoms with van der Waals surface area (Å²) in [5.41, 5.74) is 7.22. The minimum absolute atomic E-state index is 0.174. The fourth-order valence-corrected chi connectivity index (χ4v) is 3.48. The quantitative estimate of drug-likeness (QED) is 0.655. The lowest BCUT2D eigenvalue weighted by Gasteiger charge is -2.31. The van der Waals surface area contributed by atoms with Gasteiger partial charge in [-0.1, -0.05) is 31.2 Å². The van der Waals surface area contributed by atoms with Gasteiger partial charge in [-0.3, -0.25) is 16.0 Å². The number of nitrogens with two attached hydrogens (primary N) is 1. The van der Waals surface area contributed by atoms with Gasteiger partial charge in [-0.2, -0.15) is 5.10 Å². The van der Waals surface area contributed by atoms with E-state index in [-0.39, 0.29) is 6.04 Å². The van der Waals surface area contributed by atoms with Crippen LogP contribution in [0.2, 0.25) is 0 Å². The van der Waals surface area contributed by atoms with Crippen LogP contribution in [0, 0.1) is 5.92 Å². The van der Waals surface area contributed by atoms with Crippen molar-refractivity contribution < 1.29 is 0 Å². The first-order chi connectivity index (χ1) is 10.3. The Morgan fingerprint density at radius 1 is 1.33 bits per heavy atom. The van der Waals surface area contributed by atoms with Gasteiger partial charge in [0.15, 0.2) is 0 Å². The van der Waals surface area contributed by atoms with Crippen molar-refractivity contribution in [1.82, 2.24) is 15.2 Å². The molecule has 4 heteroatoms. The van der Waals surface area contributed by atoms with Crippen LogP contribution in [0.1, 0.15) is 42.6 Å². The van der Waals surface area contributed by atoms with Crippen LogP contribution in [-0.2, 0) is 19.4 Å². The van der Waals surface area contributed by atoms with Crippen LogP contribution in [0.15, 0.2) is 36.5 Å². The molecule has 0 fully saturated rings. The summed E-state index contributed by atoms with van der Waals surface area (Å²) in [6.07, 6.45) is 6.36. The largest absolute Gasteiger partial charge is 0.271 e. The third-order valence-electron chi connectivity index (χ3n) is 4.54. The van der Waals surface area contributed by atoms with E-state index in [1.54, 1.807) is 0 Å². The number of aryl methyl sites for hydroxylation is 2. The van der Waals surface area contributed by atoms with E-state index in [0.717, 1.165) is 25.8 Å². The zero-order valence-corrected chi connectivity index (χ0v) is 12.6. The molecule has 1 aromatic heterocycles. The minimum Gasteiger partial charge on any atom is -0.271 e. The molecule has 2 atom stereocenters. The second kappa shape index (κ2) is 6.41. The van der Waals surface area contributed by atoms with Gasteiger partial charge in [0.25, 0.3) is 0 Å². The van der Waals surface area contributed by atoms with Crippen LogP contribution in [0.5, 0.6) is 0 Å². The smallest absolute Gasteiger partial charge is 0.0660 e. The molecule has 0 radical (unpaired) electrons. The Morgan fingerprint density at radius 2 is 2.14 bits per heavy atom. The van der Waals surface area contributed by atoms with Crippen LogP contribution >= 0.6 is 0 Å². The molecule has 1 aliphatic carbocycles. The number of nitrogens with zero attached hydrogens (tertiary/aromatic N) is 2. The van der Waals surface area contributed by atoms with Gasteiger partial charge in [-0.25, -0.2) is 0 Å². The number of rotatable bonds is 5. The maximum absolute atomic E-state index is 5.89. The predicted molar refractivity (Wildman–Crippen MR) is 84.5 cm³/mol. The molecule has 21 heavy (non-hydrogen) atoms. The molecule has 2 aromatic rings. The lowest BCUT2D eigenvalue weighted by atomic mass is 9.79. The summed E-state index contributed by atoms with van der Waals surface area (Å²) < 4.78 is 2.09. The van der Waals surface area contributed by atoms with Crippen molar-refractivity contribution in [3.8, 4) is 0 Å². The molecule has 3 N–H and O–H groups in total. The molecule has 112 valence electrons. The monoisotopic (exact) mass is 284 g/mol. The van der Waals surface area contributed by atoms with Crippen molar-refractivity contribution >= 4 is 0 Å². The third kappa shape index (κ3) is 2.87. The highest BCUT2D eigenvalue weighted by Crippen LogP contribution is 2.33.